The SMILES string of the molecule is COc1cc(CNC(=O)c2cnn(-c3ccc([N+](=O)[O-])cc3)c2)ccc1OC(F)F. The Morgan fingerprint density at radius 3 is 2.60 bits per heavy atom. The summed E-state index contributed by atoms with van der Waals surface area (Å²) < 4.78 is 35.6. The Hall–Kier alpha value is -4.02. The number of carbonyl (C=O) groups excluding carboxylic acids is 1. The molecule has 0 unspecified atom stereocenters. The van der Waals surface area contributed by atoms with E-state index in [1.807, 2.05) is 0 Å². The highest BCUT2D eigenvalue weighted by Gasteiger charge is 2.13. The van der Waals surface area contributed by atoms with E-state index in [-0.39, 0.29) is 29.3 Å². The number of hydrogen-bond acceptors (Lipinski definition) is 6. The van der Waals surface area contributed by atoms with Crippen molar-refractivity contribution in [3.63, 3.8) is 0 Å². The molecule has 0 bridgehead atoms. The lowest BCUT2D eigenvalue weighted by molar-refractivity contribution is -0.384. The third kappa shape index (κ3) is 4.87. The van der Waals surface area contributed by atoms with Crippen LogP contribution in [0.5, 0.6) is 11.5 Å². The number of aromatic nitrogens is 2. The zero-order valence-electron chi connectivity index (χ0n) is 15.6. The van der Waals surface area contributed by atoms with Crippen LogP contribution in [0.4, 0.5) is 14.5 Å². The summed E-state index contributed by atoms with van der Waals surface area (Å²) in [7, 11) is 1.32. The largest absolute Gasteiger partial charge is 0.493 e. The minimum atomic E-state index is -2.98. The Labute approximate surface area is 169 Å². The molecule has 30 heavy (non-hydrogen) atoms. The maximum absolute atomic E-state index is 12.4. The minimum absolute atomic E-state index is 0.0516. The van der Waals surface area contributed by atoms with Crippen molar-refractivity contribution in [2.24, 2.45) is 0 Å². The molecule has 1 N–H and O–H groups in total. The molecule has 0 aliphatic carbocycles. The normalized spacial score (nSPS) is 10.7. The van der Waals surface area contributed by atoms with Gasteiger partial charge in [0.1, 0.15) is 0 Å². The summed E-state index contributed by atoms with van der Waals surface area (Å²) in [5.41, 5.74) is 1.39. The molecule has 0 aliphatic heterocycles. The fourth-order valence-electron chi connectivity index (χ4n) is 2.61. The molecule has 0 atom stereocenters. The van der Waals surface area contributed by atoms with Gasteiger partial charge in [0.15, 0.2) is 11.5 Å². The summed E-state index contributed by atoms with van der Waals surface area (Å²) in [5, 5.41) is 17.5. The molecule has 3 aromatic rings. The fraction of sp³-hybridized carbons (Fsp3) is 0.158. The first-order valence-electron chi connectivity index (χ1n) is 8.57. The Balaban J connectivity index is 1.65. The van der Waals surface area contributed by atoms with Crippen molar-refractivity contribution in [3.05, 3.63) is 76.1 Å². The van der Waals surface area contributed by atoms with Crippen molar-refractivity contribution in [1.29, 1.82) is 0 Å². The molecule has 11 heteroatoms. The monoisotopic (exact) mass is 418 g/mol. The predicted molar refractivity (Wildman–Crippen MR) is 101 cm³/mol. The molecule has 1 amide bonds. The van der Waals surface area contributed by atoms with Crippen molar-refractivity contribution in [3.8, 4) is 17.2 Å². The summed E-state index contributed by atoms with van der Waals surface area (Å²) in [4.78, 5) is 22.6. The average molecular weight is 418 g/mol. The molecule has 0 fully saturated rings. The summed E-state index contributed by atoms with van der Waals surface area (Å²) >= 11 is 0. The van der Waals surface area contributed by atoms with Crippen LogP contribution >= 0.6 is 0 Å². The first-order valence-corrected chi connectivity index (χ1v) is 8.57. The lowest BCUT2D eigenvalue weighted by atomic mass is 10.2. The van der Waals surface area contributed by atoms with Gasteiger partial charge in [0.05, 0.1) is 29.5 Å². The maximum Gasteiger partial charge on any atom is 0.387 e. The number of nitrogens with one attached hydrogen (secondary N) is 1. The van der Waals surface area contributed by atoms with Crippen LogP contribution in [0, 0.1) is 10.1 Å². The van der Waals surface area contributed by atoms with Crippen LogP contribution in [-0.4, -0.2) is 34.3 Å². The zero-order valence-corrected chi connectivity index (χ0v) is 15.6. The molecule has 1 heterocycles. The van der Waals surface area contributed by atoms with Crippen molar-refractivity contribution in [2.45, 2.75) is 13.2 Å². The quantitative estimate of drug-likeness (QED) is 0.444. The van der Waals surface area contributed by atoms with Gasteiger partial charge in [-0.1, -0.05) is 6.07 Å². The van der Waals surface area contributed by atoms with Crippen molar-refractivity contribution in [2.75, 3.05) is 7.11 Å². The molecule has 156 valence electrons. The standard InChI is InChI=1S/C19H16F2N4O5/c1-29-17-8-12(2-7-16(17)30-19(20)21)9-22-18(26)13-10-23-24(11-13)14-3-5-15(6-4-14)25(27)28/h2-8,10-11,19H,9H2,1H3,(H,22,26). The van der Waals surface area contributed by atoms with E-state index in [0.717, 1.165) is 0 Å². The number of nitro groups is 1. The van der Waals surface area contributed by atoms with Crippen LogP contribution in [0.1, 0.15) is 15.9 Å². The van der Waals surface area contributed by atoms with E-state index in [1.165, 1.54) is 66.6 Å². The van der Waals surface area contributed by atoms with E-state index < -0.39 is 17.4 Å². The minimum Gasteiger partial charge on any atom is -0.493 e. The van der Waals surface area contributed by atoms with Gasteiger partial charge >= 0.3 is 6.61 Å². The highest BCUT2D eigenvalue weighted by Crippen LogP contribution is 2.29. The first kappa shape index (κ1) is 20.7. The van der Waals surface area contributed by atoms with Crippen LogP contribution in [0.25, 0.3) is 5.69 Å². The average Bonchev–Trinajstić information content (AvgIpc) is 3.23. The number of benzene rings is 2. The Bertz CT molecular complexity index is 1050. The number of ether oxygens (including phenoxy) is 2. The molecule has 0 spiro atoms. The number of halogens is 2. The van der Waals surface area contributed by atoms with E-state index >= 15 is 0 Å². The van der Waals surface area contributed by atoms with E-state index in [1.54, 1.807) is 0 Å². The van der Waals surface area contributed by atoms with Gasteiger partial charge in [0, 0.05) is 24.9 Å². The second kappa shape index (κ2) is 8.99. The van der Waals surface area contributed by atoms with Crippen molar-refractivity contribution in [1.82, 2.24) is 15.1 Å². The van der Waals surface area contributed by atoms with Gasteiger partial charge in [-0.25, -0.2) is 4.68 Å². The lowest BCUT2D eigenvalue weighted by Crippen LogP contribution is -2.22. The molecule has 3 rings (SSSR count). The van der Waals surface area contributed by atoms with E-state index in [0.29, 0.717) is 11.3 Å². The molecule has 9 nitrogen and oxygen atoms in total. The third-order valence-electron chi connectivity index (χ3n) is 4.07. The van der Waals surface area contributed by atoms with Crippen LogP contribution < -0.4 is 14.8 Å². The van der Waals surface area contributed by atoms with Crippen molar-refractivity contribution >= 4 is 11.6 Å². The molecule has 0 saturated carbocycles. The maximum atomic E-state index is 12.4. The van der Waals surface area contributed by atoms with E-state index in [2.05, 4.69) is 15.2 Å². The second-order valence-electron chi connectivity index (χ2n) is 5.99. The Morgan fingerprint density at radius 1 is 1.23 bits per heavy atom. The Morgan fingerprint density at radius 2 is 1.97 bits per heavy atom. The lowest BCUT2D eigenvalue weighted by Gasteiger charge is -2.11. The topological polar surface area (TPSA) is 109 Å². The van der Waals surface area contributed by atoms with Gasteiger partial charge in [-0.15, -0.1) is 0 Å². The molecule has 0 radical (unpaired) electrons. The number of rotatable bonds is 8. The summed E-state index contributed by atoms with van der Waals surface area (Å²) in [6.07, 6.45) is 2.84. The molecule has 0 aliphatic rings. The summed E-state index contributed by atoms with van der Waals surface area (Å²) in [6.45, 7) is -2.86. The number of non-ortho nitro benzene ring substituents is 1. The van der Waals surface area contributed by atoms with E-state index in [4.69, 9.17) is 4.74 Å². The number of alkyl halides is 2. The Kier molecular flexibility index (Phi) is 6.20. The van der Waals surface area contributed by atoms with Gasteiger partial charge in [0.25, 0.3) is 11.6 Å². The first-order chi connectivity index (χ1) is 14.4. The highest BCUT2D eigenvalue weighted by atomic mass is 19.3. The molecular formula is C19H16F2N4O5. The van der Waals surface area contributed by atoms with Crippen molar-refractivity contribution < 1.29 is 28.0 Å². The number of carbonyl (C=O) groups is 1. The van der Waals surface area contributed by atoms with Gasteiger partial charge in [0.2, 0.25) is 0 Å². The molecule has 1 aromatic heterocycles. The van der Waals surface area contributed by atoms with Crippen LogP contribution in [-0.2, 0) is 6.54 Å². The number of hydrogen-bond donors (Lipinski definition) is 1. The van der Waals surface area contributed by atoms with Crippen LogP contribution in [0.2, 0.25) is 0 Å². The van der Waals surface area contributed by atoms with Gasteiger partial charge in [-0.05, 0) is 29.8 Å². The van der Waals surface area contributed by atoms with Gasteiger partial charge in [-0.3, -0.25) is 14.9 Å². The number of amides is 1. The van der Waals surface area contributed by atoms with Crippen LogP contribution in [0.15, 0.2) is 54.9 Å². The summed E-state index contributed by atoms with van der Waals surface area (Å²) in [6, 6.07) is 10.1. The number of nitrogens with zero attached hydrogens (tertiary/aromatic N) is 3. The number of nitro benzene ring substituents is 1. The number of methoxy groups -OCH3 is 1. The summed E-state index contributed by atoms with van der Waals surface area (Å²) in [5.74, 6) is -0.393. The molecule has 2 aromatic carbocycles. The third-order valence-corrected chi connectivity index (χ3v) is 4.07. The smallest absolute Gasteiger partial charge is 0.387 e. The predicted octanol–water partition coefficient (Wildman–Crippen LogP) is 3.32. The fourth-order valence-corrected chi connectivity index (χ4v) is 2.61. The van der Waals surface area contributed by atoms with Gasteiger partial charge in [-0.2, -0.15) is 13.9 Å². The zero-order chi connectivity index (χ0) is 21.7. The van der Waals surface area contributed by atoms with Crippen LogP contribution in [0.3, 0.4) is 0 Å². The highest BCUT2D eigenvalue weighted by molar-refractivity contribution is 5.93. The second-order valence-corrected chi connectivity index (χ2v) is 5.99. The van der Waals surface area contributed by atoms with E-state index in [9.17, 15) is 23.7 Å². The molecule has 0 saturated heterocycles. The van der Waals surface area contributed by atoms with Gasteiger partial charge < -0.3 is 14.8 Å². The molecular weight excluding hydrogens is 402 g/mol.